The molecule has 2 amide bonds. The third-order valence-electron chi connectivity index (χ3n) is 5.08. The van der Waals surface area contributed by atoms with E-state index in [2.05, 4.69) is 22.9 Å². The van der Waals surface area contributed by atoms with E-state index >= 15 is 0 Å². The summed E-state index contributed by atoms with van der Waals surface area (Å²) in [5, 5.41) is 5.23. The van der Waals surface area contributed by atoms with Crippen LogP contribution >= 0.6 is 0 Å². The molecule has 3 rings (SSSR count). The lowest BCUT2D eigenvalue weighted by Gasteiger charge is -2.13. The van der Waals surface area contributed by atoms with E-state index in [1.165, 1.54) is 4.68 Å². The Hall–Kier alpha value is -2.70. The predicted molar refractivity (Wildman–Crippen MR) is 103 cm³/mol. The van der Waals surface area contributed by atoms with Crippen LogP contribution in [0.5, 0.6) is 0 Å². The molecule has 0 aliphatic heterocycles. The van der Waals surface area contributed by atoms with E-state index in [1.807, 2.05) is 0 Å². The van der Waals surface area contributed by atoms with Crippen molar-refractivity contribution in [3.8, 4) is 0 Å². The highest BCUT2D eigenvalue weighted by Gasteiger charge is 2.23. The molecule has 1 aliphatic rings. The fraction of sp³-hybridized carbons (Fsp3) is 0.500. The van der Waals surface area contributed by atoms with Gasteiger partial charge in [-0.1, -0.05) is 50.8 Å². The molecule has 144 valence electrons. The van der Waals surface area contributed by atoms with Gasteiger partial charge in [0.15, 0.2) is 5.69 Å². The number of aryl methyl sites for hydroxylation is 1. The number of benzene rings is 1. The monoisotopic (exact) mass is 370 g/mol. The number of rotatable bonds is 6. The fourth-order valence-corrected chi connectivity index (χ4v) is 3.53. The topological polar surface area (TPSA) is 93.1 Å². The number of amides is 2. The van der Waals surface area contributed by atoms with Crippen LogP contribution in [0.2, 0.25) is 0 Å². The summed E-state index contributed by atoms with van der Waals surface area (Å²) < 4.78 is 1.35. The number of nitrogens with one attached hydrogen (secondary N) is 2. The standard InChI is InChI=1S/C20H26N4O3/c1-2-3-8-13-24-20(27)16-12-7-6-11-15(16)17(23-24)19(26)22-21-18(25)14-9-4-5-10-14/h6-7,11-12,14H,2-5,8-10,13H2,1H3,(H,21,25)(H,22,26). The Morgan fingerprint density at radius 1 is 1.11 bits per heavy atom. The first-order valence-corrected chi connectivity index (χ1v) is 9.72. The van der Waals surface area contributed by atoms with E-state index in [4.69, 9.17) is 0 Å². The van der Waals surface area contributed by atoms with Gasteiger partial charge in [0.25, 0.3) is 11.5 Å². The first-order chi connectivity index (χ1) is 13.1. The Labute approximate surface area is 158 Å². The van der Waals surface area contributed by atoms with Crippen LogP contribution in [-0.4, -0.2) is 21.6 Å². The van der Waals surface area contributed by atoms with E-state index in [-0.39, 0.29) is 23.1 Å². The minimum atomic E-state index is -0.512. The van der Waals surface area contributed by atoms with Crippen molar-refractivity contribution in [2.45, 2.75) is 58.4 Å². The van der Waals surface area contributed by atoms with Gasteiger partial charge in [-0.05, 0) is 25.3 Å². The summed E-state index contributed by atoms with van der Waals surface area (Å²) in [7, 11) is 0. The van der Waals surface area contributed by atoms with E-state index in [0.29, 0.717) is 17.3 Å². The average Bonchev–Trinajstić information content (AvgIpc) is 3.23. The third kappa shape index (κ3) is 4.35. The largest absolute Gasteiger partial charge is 0.290 e. The molecule has 2 N–H and O–H groups in total. The van der Waals surface area contributed by atoms with E-state index in [9.17, 15) is 14.4 Å². The highest BCUT2D eigenvalue weighted by Crippen LogP contribution is 2.24. The van der Waals surface area contributed by atoms with E-state index < -0.39 is 5.91 Å². The van der Waals surface area contributed by atoms with Gasteiger partial charge < -0.3 is 0 Å². The molecule has 0 spiro atoms. The molecule has 0 saturated heterocycles. The average molecular weight is 370 g/mol. The lowest BCUT2D eigenvalue weighted by atomic mass is 10.1. The van der Waals surface area contributed by atoms with Gasteiger partial charge in [-0.2, -0.15) is 5.10 Å². The molecule has 7 nitrogen and oxygen atoms in total. The Balaban J connectivity index is 1.83. The van der Waals surface area contributed by atoms with Crippen molar-refractivity contribution in [2.24, 2.45) is 5.92 Å². The summed E-state index contributed by atoms with van der Waals surface area (Å²) in [5.74, 6) is -0.721. The summed E-state index contributed by atoms with van der Waals surface area (Å²) in [5.41, 5.74) is 4.92. The van der Waals surface area contributed by atoms with Crippen LogP contribution in [0.3, 0.4) is 0 Å². The summed E-state index contributed by atoms with van der Waals surface area (Å²) in [6.45, 7) is 2.55. The van der Waals surface area contributed by atoms with Gasteiger partial charge in [0, 0.05) is 17.8 Å². The molecule has 27 heavy (non-hydrogen) atoms. The zero-order valence-electron chi connectivity index (χ0n) is 15.7. The molecule has 1 heterocycles. The summed E-state index contributed by atoms with van der Waals surface area (Å²) >= 11 is 0. The molecule has 0 radical (unpaired) electrons. The highest BCUT2D eigenvalue weighted by atomic mass is 16.2. The van der Waals surface area contributed by atoms with Crippen molar-refractivity contribution in [1.82, 2.24) is 20.6 Å². The second-order valence-electron chi connectivity index (χ2n) is 7.05. The second-order valence-corrected chi connectivity index (χ2v) is 7.05. The second kappa shape index (κ2) is 8.79. The molecule has 0 unspecified atom stereocenters. The number of carbonyl (C=O) groups excluding carboxylic acids is 2. The van der Waals surface area contributed by atoms with E-state index in [1.54, 1.807) is 24.3 Å². The Morgan fingerprint density at radius 3 is 2.52 bits per heavy atom. The van der Waals surface area contributed by atoms with Gasteiger partial charge in [-0.25, -0.2) is 4.68 Å². The Kier molecular flexibility index (Phi) is 6.21. The molecule has 1 fully saturated rings. The molecule has 1 aliphatic carbocycles. The van der Waals surface area contributed by atoms with Crippen molar-refractivity contribution < 1.29 is 9.59 Å². The fourth-order valence-electron chi connectivity index (χ4n) is 3.53. The highest BCUT2D eigenvalue weighted by molar-refractivity contribution is 6.05. The maximum Gasteiger partial charge on any atom is 0.290 e. The molecule has 1 aromatic heterocycles. The lowest BCUT2D eigenvalue weighted by molar-refractivity contribution is -0.125. The van der Waals surface area contributed by atoms with Crippen LogP contribution < -0.4 is 16.4 Å². The maximum absolute atomic E-state index is 12.7. The van der Waals surface area contributed by atoms with Crippen molar-refractivity contribution in [2.75, 3.05) is 0 Å². The molecule has 1 saturated carbocycles. The number of hydrogen-bond acceptors (Lipinski definition) is 4. The van der Waals surface area contributed by atoms with Crippen molar-refractivity contribution in [3.63, 3.8) is 0 Å². The smallest absolute Gasteiger partial charge is 0.273 e. The molecular weight excluding hydrogens is 344 g/mol. The molecule has 2 aromatic rings. The quantitative estimate of drug-likeness (QED) is 0.604. The van der Waals surface area contributed by atoms with Crippen LogP contribution in [0.15, 0.2) is 29.1 Å². The normalized spacial score (nSPS) is 14.4. The van der Waals surface area contributed by atoms with Crippen LogP contribution in [0.1, 0.15) is 62.4 Å². The summed E-state index contributed by atoms with van der Waals surface area (Å²) in [4.78, 5) is 37.4. The first-order valence-electron chi connectivity index (χ1n) is 9.72. The Bertz CT molecular complexity index is 884. The number of unbranched alkanes of at least 4 members (excludes halogenated alkanes) is 2. The lowest BCUT2D eigenvalue weighted by Crippen LogP contribution is -2.45. The molecule has 0 atom stereocenters. The number of nitrogens with zero attached hydrogens (tertiary/aromatic N) is 2. The number of fused-ring (bicyclic) bond motifs is 1. The van der Waals surface area contributed by atoms with Crippen molar-refractivity contribution >= 4 is 22.6 Å². The molecule has 7 heteroatoms. The number of aromatic nitrogens is 2. The first kappa shape index (κ1) is 19.1. The van der Waals surface area contributed by atoms with E-state index in [0.717, 1.165) is 44.9 Å². The van der Waals surface area contributed by atoms with Crippen molar-refractivity contribution in [1.29, 1.82) is 0 Å². The van der Waals surface area contributed by atoms with Gasteiger partial charge in [0.1, 0.15) is 0 Å². The van der Waals surface area contributed by atoms with Gasteiger partial charge in [-0.15, -0.1) is 0 Å². The van der Waals surface area contributed by atoms with Gasteiger partial charge in [0.05, 0.1) is 5.39 Å². The van der Waals surface area contributed by atoms with Gasteiger partial charge >= 0.3 is 0 Å². The van der Waals surface area contributed by atoms with Gasteiger partial charge in [0.2, 0.25) is 5.91 Å². The zero-order chi connectivity index (χ0) is 19.2. The van der Waals surface area contributed by atoms with Crippen LogP contribution in [0, 0.1) is 5.92 Å². The number of hydrazine groups is 1. The summed E-state index contributed by atoms with van der Waals surface area (Å²) in [6.07, 6.45) is 6.63. The van der Waals surface area contributed by atoms with Crippen LogP contribution in [0.4, 0.5) is 0 Å². The van der Waals surface area contributed by atoms with Crippen LogP contribution in [0.25, 0.3) is 10.8 Å². The van der Waals surface area contributed by atoms with Crippen molar-refractivity contribution in [3.05, 3.63) is 40.3 Å². The molecule has 1 aromatic carbocycles. The minimum Gasteiger partial charge on any atom is -0.273 e. The SMILES string of the molecule is CCCCCn1nc(C(=O)NNC(=O)C2CCCC2)c2ccccc2c1=O. The molecule has 0 bridgehead atoms. The number of hydrogen-bond donors (Lipinski definition) is 2. The minimum absolute atomic E-state index is 0.0435. The predicted octanol–water partition coefficient (Wildman–Crippen LogP) is 2.54. The Morgan fingerprint density at radius 2 is 1.81 bits per heavy atom. The third-order valence-corrected chi connectivity index (χ3v) is 5.08. The number of carbonyl (C=O) groups is 2. The van der Waals surface area contributed by atoms with Crippen LogP contribution in [-0.2, 0) is 11.3 Å². The maximum atomic E-state index is 12.7. The summed E-state index contributed by atoms with van der Waals surface area (Å²) in [6, 6.07) is 6.93. The van der Waals surface area contributed by atoms with Gasteiger partial charge in [-0.3, -0.25) is 25.2 Å². The zero-order valence-corrected chi connectivity index (χ0v) is 15.7. The molecular formula is C20H26N4O3.